The lowest BCUT2D eigenvalue weighted by Crippen LogP contribution is -2.47. The van der Waals surface area contributed by atoms with E-state index < -0.39 is 0 Å². The molecule has 0 radical (unpaired) electrons. The van der Waals surface area contributed by atoms with Crippen LogP contribution in [0.4, 0.5) is 0 Å². The zero-order valence-corrected chi connectivity index (χ0v) is 9.59. The highest BCUT2D eigenvalue weighted by Gasteiger charge is 2.37. The van der Waals surface area contributed by atoms with Crippen LogP contribution in [0.15, 0.2) is 48.0 Å². The van der Waals surface area contributed by atoms with Gasteiger partial charge in [0, 0.05) is 17.3 Å². The van der Waals surface area contributed by atoms with Crippen LogP contribution >= 0.6 is 0 Å². The molecule has 0 saturated heterocycles. The summed E-state index contributed by atoms with van der Waals surface area (Å²) in [6.07, 6.45) is 6.19. The van der Waals surface area contributed by atoms with Crippen LogP contribution in [0.5, 0.6) is 5.75 Å². The second-order valence-electron chi connectivity index (χ2n) is 4.21. The molecule has 3 rings (SSSR count). The van der Waals surface area contributed by atoms with Crippen molar-refractivity contribution in [2.45, 2.75) is 19.4 Å². The molecule has 0 amide bonds. The van der Waals surface area contributed by atoms with Gasteiger partial charge in [-0.3, -0.25) is 4.79 Å². The molecule has 1 aromatic carbocycles. The first-order valence-electron chi connectivity index (χ1n) is 5.77. The van der Waals surface area contributed by atoms with E-state index in [9.17, 15) is 4.79 Å². The Morgan fingerprint density at radius 1 is 1.35 bits per heavy atom. The molecule has 0 fully saturated rings. The summed E-state index contributed by atoms with van der Waals surface area (Å²) in [7, 11) is 0. The third kappa shape index (κ3) is 1.55. The number of carbonyl (C=O) groups excluding carboxylic acids is 1. The molecule has 3 heteroatoms. The number of fused-ring (bicyclic) bond motifs is 1. The molecule has 0 aliphatic carbocycles. The van der Waals surface area contributed by atoms with E-state index in [0.717, 1.165) is 24.3 Å². The average Bonchev–Trinajstić information content (AvgIpc) is 2.34. The van der Waals surface area contributed by atoms with Gasteiger partial charge in [-0.1, -0.05) is 6.92 Å². The van der Waals surface area contributed by atoms with Crippen molar-refractivity contribution < 1.29 is 9.53 Å². The minimum Gasteiger partial charge on any atom is -0.441 e. The van der Waals surface area contributed by atoms with E-state index in [2.05, 4.69) is 17.9 Å². The van der Waals surface area contributed by atoms with Crippen molar-refractivity contribution in [3.05, 3.63) is 53.6 Å². The Balaban J connectivity index is 1.70. The van der Waals surface area contributed by atoms with Crippen molar-refractivity contribution in [1.82, 2.24) is 4.90 Å². The Labute approximate surface area is 100.0 Å². The summed E-state index contributed by atoms with van der Waals surface area (Å²) in [5.41, 5.74) is 1.91. The normalized spacial score (nSPS) is 20.5. The molecule has 86 valence electrons. The third-order valence-electron chi connectivity index (χ3n) is 3.14. The van der Waals surface area contributed by atoms with Gasteiger partial charge < -0.3 is 9.64 Å². The average molecular weight is 227 g/mol. The quantitative estimate of drug-likeness (QED) is 0.741. The van der Waals surface area contributed by atoms with Gasteiger partial charge in [0.05, 0.1) is 6.04 Å². The second-order valence-corrected chi connectivity index (χ2v) is 4.21. The highest BCUT2D eigenvalue weighted by Crippen LogP contribution is 2.39. The molecule has 0 bridgehead atoms. The number of hydrogen-bond acceptors (Lipinski definition) is 3. The van der Waals surface area contributed by atoms with Crippen molar-refractivity contribution in [3.63, 3.8) is 0 Å². The summed E-state index contributed by atoms with van der Waals surface area (Å²) < 4.78 is 5.75. The van der Waals surface area contributed by atoms with Crippen LogP contribution in [-0.2, 0) is 0 Å². The van der Waals surface area contributed by atoms with Gasteiger partial charge in [-0.25, -0.2) is 0 Å². The first-order chi connectivity index (χ1) is 8.31. The van der Waals surface area contributed by atoms with Crippen LogP contribution in [0, 0.1) is 0 Å². The molecule has 1 atom stereocenters. The van der Waals surface area contributed by atoms with Crippen molar-refractivity contribution in [2.24, 2.45) is 0 Å². The van der Waals surface area contributed by atoms with Gasteiger partial charge in [-0.2, -0.15) is 0 Å². The standard InChI is InChI=1S/C14H13NO2/c1-2-11-7-12-8-14(15(11)12)17-13-5-3-10(9-16)4-6-13/h3-9,11H,2H2,1H3. The number of carbonyl (C=O) groups is 1. The Hall–Kier alpha value is -2.03. The zero-order valence-electron chi connectivity index (χ0n) is 9.59. The highest BCUT2D eigenvalue weighted by atomic mass is 16.5. The van der Waals surface area contributed by atoms with E-state index in [1.807, 2.05) is 18.2 Å². The predicted octanol–water partition coefficient (Wildman–Crippen LogP) is 2.71. The maximum Gasteiger partial charge on any atom is 0.203 e. The Kier molecular flexibility index (Phi) is 2.25. The summed E-state index contributed by atoms with van der Waals surface area (Å²) in [5.74, 6) is 1.66. The molecular weight excluding hydrogens is 214 g/mol. The van der Waals surface area contributed by atoms with Gasteiger partial charge in [0.25, 0.3) is 0 Å². The number of aldehydes is 1. The molecule has 0 N–H and O–H groups in total. The van der Waals surface area contributed by atoms with Gasteiger partial charge >= 0.3 is 0 Å². The summed E-state index contributed by atoms with van der Waals surface area (Å²) in [5, 5.41) is 0. The fraction of sp³-hybridized carbons (Fsp3) is 0.214. The lowest BCUT2D eigenvalue weighted by atomic mass is 9.97. The van der Waals surface area contributed by atoms with Crippen molar-refractivity contribution >= 4 is 6.29 Å². The fourth-order valence-corrected chi connectivity index (χ4v) is 2.11. The molecule has 2 aliphatic heterocycles. The van der Waals surface area contributed by atoms with E-state index >= 15 is 0 Å². The number of nitrogens with zero attached hydrogens (tertiary/aromatic N) is 1. The minimum absolute atomic E-state index is 0.485. The minimum atomic E-state index is 0.485. The first kappa shape index (κ1) is 10.1. The molecule has 1 aromatic rings. The van der Waals surface area contributed by atoms with Gasteiger partial charge in [-0.05, 0) is 36.8 Å². The Morgan fingerprint density at radius 2 is 2.12 bits per heavy atom. The molecule has 0 saturated carbocycles. The molecule has 1 unspecified atom stereocenters. The smallest absolute Gasteiger partial charge is 0.203 e. The van der Waals surface area contributed by atoms with Crippen LogP contribution in [-0.4, -0.2) is 17.2 Å². The third-order valence-corrected chi connectivity index (χ3v) is 3.14. The molecule has 0 spiro atoms. The van der Waals surface area contributed by atoms with Crippen LogP contribution in [0.2, 0.25) is 0 Å². The molecule has 17 heavy (non-hydrogen) atoms. The SMILES string of the molecule is CCC1C=C2C=C(Oc3ccc(C=O)cc3)N21. The molecular formula is C14H13NO2. The van der Waals surface area contributed by atoms with Crippen LogP contribution < -0.4 is 4.74 Å². The van der Waals surface area contributed by atoms with Gasteiger partial charge in [0.2, 0.25) is 5.88 Å². The van der Waals surface area contributed by atoms with Gasteiger partial charge in [-0.15, -0.1) is 0 Å². The van der Waals surface area contributed by atoms with Crippen molar-refractivity contribution in [3.8, 4) is 5.75 Å². The number of hydrogen-bond donors (Lipinski definition) is 0. The van der Waals surface area contributed by atoms with E-state index in [0.29, 0.717) is 11.6 Å². The topological polar surface area (TPSA) is 29.5 Å². The van der Waals surface area contributed by atoms with Crippen LogP contribution in [0.3, 0.4) is 0 Å². The van der Waals surface area contributed by atoms with Gasteiger partial charge in [0.1, 0.15) is 12.0 Å². The van der Waals surface area contributed by atoms with Crippen LogP contribution in [0.25, 0.3) is 0 Å². The number of ether oxygens (including phenoxy) is 1. The first-order valence-corrected chi connectivity index (χ1v) is 5.77. The molecule has 2 heterocycles. The Bertz CT molecular complexity index is 514. The van der Waals surface area contributed by atoms with E-state index in [1.165, 1.54) is 5.70 Å². The number of benzene rings is 1. The van der Waals surface area contributed by atoms with Crippen molar-refractivity contribution in [2.75, 3.05) is 0 Å². The molecule has 0 aromatic heterocycles. The number of rotatable bonds is 4. The fourth-order valence-electron chi connectivity index (χ4n) is 2.11. The van der Waals surface area contributed by atoms with Crippen LogP contribution in [0.1, 0.15) is 23.7 Å². The maximum atomic E-state index is 10.5. The second kappa shape index (κ2) is 3.77. The summed E-state index contributed by atoms with van der Waals surface area (Å²) in [4.78, 5) is 12.7. The summed E-state index contributed by atoms with van der Waals surface area (Å²) in [6.45, 7) is 2.16. The predicted molar refractivity (Wildman–Crippen MR) is 64.5 cm³/mol. The largest absolute Gasteiger partial charge is 0.441 e. The lowest BCUT2D eigenvalue weighted by molar-refractivity contribution is 0.112. The summed E-state index contributed by atoms with van der Waals surface area (Å²) >= 11 is 0. The Morgan fingerprint density at radius 3 is 2.71 bits per heavy atom. The maximum absolute atomic E-state index is 10.5. The highest BCUT2D eigenvalue weighted by molar-refractivity contribution is 5.74. The summed E-state index contributed by atoms with van der Waals surface area (Å²) in [6, 6.07) is 7.62. The van der Waals surface area contributed by atoms with E-state index in [4.69, 9.17) is 4.74 Å². The number of allylic oxidation sites excluding steroid dienone is 1. The van der Waals surface area contributed by atoms with E-state index in [1.54, 1.807) is 12.1 Å². The lowest BCUT2D eigenvalue weighted by Gasteiger charge is -2.46. The van der Waals surface area contributed by atoms with E-state index in [-0.39, 0.29) is 0 Å². The molecule has 2 aliphatic rings. The zero-order chi connectivity index (χ0) is 11.8. The monoisotopic (exact) mass is 227 g/mol. The molecule has 3 nitrogen and oxygen atoms in total. The van der Waals surface area contributed by atoms with Crippen molar-refractivity contribution in [1.29, 1.82) is 0 Å². The van der Waals surface area contributed by atoms with Gasteiger partial charge in [0.15, 0.2) is 0 Å².